The van der Waals surface area contributed by atoms with E-state index < -0.39 is 17.4 Å². The Labute approximate surface area is 365 Å². The number of carbonyl (C=O) groups is 1. The van der Waals surface area contributed by atoms with E-state index in [4.69, 9.17) is 23.8 Å². The molecule has 1 fully saturated rings. The molecule has 2 unspecified atom stereocenters. The summed E-state index contributed by atoms with van der Waals surface area (Å²) < 4.78 is 25.8. The summed E-state index contributed by atoms with van der Waals surface area (Å²) in [5, 5.41) is 3.81. The Morgan fingerprint density at radius 3 is 1.82 bits per heavy atom. The van der Waals surface area contributed by atoms with Crippen molar-refractivity contribution in [3.05, 3.63) is 221 Å². The molecule has 8 rings (SSSR count). The number of rotatable bonds is 15. The van der Waals surface area contributed by atoms with Gasteiger partial charge < -0.3 is 23.8 Å². The van der Waals surface area contributed by atoms with Gasteiger partial charge in [-0.05, 0) is 90.1 Å². The highest BCUT2D eigenvalue weighted by Crippen LogP contribution is 2.41. The maximum absolute atomic E-state index is 12.8. The van der Waals surface area contributed by atoms with Crippen LogP contribution in [-0.2, 0) is 44.3 Å². The predicted molar refractivity (Wildman–Crippen MR) is 245 cm³/mol. The summed E-state index contributed by atoms with van der Waals surface area (Å²) in [7, 11) is 0. The van der Waals surface area contributed by atoms with Crippen LogP contribution in [0.25, 0.3) is 10.8 Å². The summed E-state index contributed by atoms with van der Waals surface area (Å²) in [6, 6.07) is 63.0. The molecule has 0 saturated carbocycles. The summed E-state index contributed by atoms with van der Waals surface area (Å²) in [5.74, 6) is 0.878. The number of hydrogen-bond donors (Lipinski definition) is 0. The minimum atomic E-state index is -0.774. The van der Waals surface area contributed by atoms with E-state index in [-0.39, 0.29) is 12.0 Å². The predicted octanol–water partition coefficient (Wildman–Crippen LogP) is 12.2. The van der Waals surface area contributed by atoms with Crippen molar-refractivity contribution < 1.29 is 28.6 Å². The van der Waals surface area contributed by atoms with Crippen LogP contribution in [0.3, 0.4) is 0 Å². The van der Waals surface area contributed by atoms with E-state index in [2.05, 4.69) is 133 Å². The Bertz CT molecular complexity index is 2390. The molecular weight excluding hydrogens is 771 g/mol. The van der Waals surface area contributed by atoms with Crippen LogP contribution in [0.4, 0.5) is 4.79 Å². The normalized spacial score (nSPS) is 15.9. The number of hydroxylamine groups is 2. The first-order valence-electron chi connectivity index (χ1n) is 21.6. The third kappa shape index (κ3) is 10.4. The second kappa shape index (κ2) is 19.6. The van der Waals surface area contributed by atoms with Gasteiger partial charge in [0.25, 0.3) is 0 Å². The number of carbonyl (C=O) groups excluding carboxylic acids is 1. The average Bonchev–Trinajstić information content (AvgIpc) is 3.30. The molecule has 0 N–H and O–H groups in total. The van der Waals surface area contributed by atoms with Gasteiger partial charge in [-0.1, -0.05) is 170 Å². The molecule has 62 heavy (non-hydrogen) atoms. The van der Waals surface area contributed by atoms with Gasteiger partial charge >= 0.3 is 6.16 Å². The fraction of sp³-hybridized carbons (Fsp3) is 0.255. The topological polar surface area (TPSA) is 66.5 Å². The fourth-order valence-electron chi connectivity index (χ4n) is 8.39. The molecule has 0 amide bonds. The zero-order chi connectivity index (χ0) is 42.8. The summed E-state index contributed by atoms with van der Waals surface area (Å²) in [6.45, 7) is 7.76. The Kier molecular flexibility index (Phi) is 13.4. The first-order valence-corrected chi connectivity index (χ1v) is 21.6. The molecule has 7 aromatic carbocycles. The lowest BCUT2D eigenvalue weighted by atomic mass is 9.80. The third-order valence-electron chi connectivity index (χ3n) is 11.4. The molecule has 7 heteroatoms. The molecule has 7 nitrogen and oxygen atoms in total. The smallest absolute Gasteiger partial charge is 0.488 e. The number of ether oxygens (including phenoxy) is 4. The van der Waals surface area contributed by atoms with Crippen molar-refractivity contribution in [2.24, 2.45) is 0 Å². The molecule has 1 heterocycles. The van der Waals surface area contributed by atoms with E-state index >= 15 is 0 Å². The third-order valence-corrected chi connectivity index (χ3v) is 11.4. The molecule has 0 radical (unpaired) electrons. The SMILES string of the molecule is CC(C)(C)OC(=O)ON1CCC(c2ccc(CCOC(c3ccccc3)(c3ccccc3)c3ccccc3)cc2)C(OCc2cc(OCc3ccccc3)c3ccccc3c2)C1. The van der Waals surface area contributed by atoms with Gasteiger partial charge in [0, 0.05) is 17.8 Å². The first-order chi connectivity index (χ1) is 30.2. The van der Waals surface area contributed by atoms with Crippen LogP contribution >= 0.6 is 0 Å². The van der Waals surface area contributed by atoms with E-state index in [0.717, 1.165) is 57.2 Å². The molecule has 1 saturated heterocycles. The van der Waals surface area contributed by atoms with E-state index in [9.17, 15) is 4.79 Å². The second-order valence-electron chi connectivity index (χ2n) is 16.9. The maximum atomic E-state index is 12.8. The van der Waals surface area contributed by atoms with E-state index in [1.54, 1.807) is 5.06 Å². The van der Waals surface area contributed by atoms with E-state index in [1.165, 1.54) is 11.1 Å². The van der Waals surface area contributed by atoms with Crippen LogP contribution in [-0.4, -0.2) is 42.6 Å². The minimum absolute atomic E-state index is 0.0648. The standard InChI is InChI=1S/C55H55NO6/c1-54(2,3)61-53(57)62-56-34-32-50(52(38-56)59-40-43-36-45-20-16-17-27-49(45)51(37-43)58-39-42-18-8-4-9-19-42)44-30-28-41(29-31-44)33-35-60-55(46-21-10-5-11-22-46,47-23-12-6-13-24-47)48-25-14-7-15-26-48/h4-31,36-37,50,52H,32-35,38-40H2,1-3H3. The minimum Gasteiger partial charge on any atom is -0.488 e. The Morgan fingerprint density at radius 2 is 1.21 bits per heavy atom. The van der Waals surface area contributed by atoms with Gasteiger partial charge in [0.15, 0.2) is 0 Å². The molecule has 316 valence electrons. The van der Waals surface area contributed by atoms with Crippen molar-refractivity contribution in [3.63, 3.8) is 0 Å². The van der Waals surface area contributed by atoms with Crippen LogP contribution in [0.15, 0.2) is 182 Å². The summed E-state index contributed by atoms with van der Waals surface area (Å²) in [5.41, 5.74) is 6.27. The van der Waals surface area contributed by atoms with Crippen molar-refractivity contribution in [2.75, 3.05) is 19.7 Å². The zero-order valence-electron chi connectivity index (χ0n) is 35.8. The van der Waals surface area contributed by atoms with Crippen LogP contribution in [0, 0.1) is 0 Å². The van der Waals surface area contributed by atoms with Crippen molar-refractivity contribution in [3.8, 4) is 5.75 Å². The number of nitrogens with zero attached hydrogens (tertiary/aromatic N) is 1. The zero-order valence-corrected chi connectivity index (χ0v) is 35.8. The number of piperidine rings is 1. The highest BCUT2D eigenvalue weighted by Gasteiger charge is 2.38. The van der Waals surface area contributed by atoms with Crippen LogP contribution in [0.2, 0.25) is 0 Å². The van der Waals surface area contributed by atoms with Gasteiger partial charge in [-0.15, -0.1) is 5.06 Å². The lowest BCUT2D eigenvalue weighted by molar-refractivity contribution is -0.179. The molecule has 1 aliphatic rings. The molecule has 1 aliphatic heterocycles. The van der Waals surface area contributed by atoms with Gasteiger partial charge in [-0.2, -0.15) is 0 Å². The van der Waals surface area contributed by atoms with E-state index in [0.29, 0.717) is 32.9 Å². The fourth-order valence-corrected chi connectivity index (χ4v) is 8.39. The van der Waals surface area contributed by atoms with Gasteiger partial charge in [0.05, 0.1) is 25.9 Å². The van der Waals surface area contributed by atoms with Crippen LogP contribution < -0.4 is 4.74 Å². The lowest BCUT2D eigenvalue weighted by Crippen LogP contribution is -2.45. The van der Waals surface area contributed by atoms with Crippen LogP contribution in [0.5, 0.6) is 5.75 Å². The lowest BCUT2D eigenvalue weighted by Gasteiger charge is -2.37. The van der Waals surface area contributed by atoms with E-state index in [1.807, 2.05) is 69.3 Å². The van der Waals surface area contributed by atoms with Crippen molar-refractivity contribution >= 4 is 16.9 Å². The molecule has 0 spiro atoms. The molecule has 0 bridgehead atoms. The molecule has 7 aromatic rings. The van der Waals surface area contributed by atoms with Gasteiger partial charge in [-0.25, -0.2) is 4.79 Å². The van der Waals surface area contributed by atoms with Crippen LogP contribution in [0.1, 0.15) is 72.1 Å². The first kappa shape index (κ1) is 42.4. The highest BCUT2D eigenvalue weighted by molar-refractivity contribution is 5.89. The van der Waals surface area contributed by atoms with Gasteiger partial charge in [0.1, 0.15) is 23.6 Å². The summed E-state index contributed by atoms with van der Waals surface area (Å²) >= 11 is 0. The van der Waals surface area contributed by atoms with Crippen molar-refractivity contribution in [1.82, 2.24) is 5.06 Å². The maximum Gasteiger partial charge on any atom is 0.528 e. The number of benzene rings is 7. The molecule has 0 aliphatic carbocycles. The summed E-state index contributed by atoms with van der Waals surface area (Å²) in [4.78, 5) is 18.5. The highest BCUT2D eigenvalue weighted by atomic mass is 16.8. The molecule has 0 aromatic heterocycles. The monoisotopic (exact) mass is 825 g/mol. The number of fused-ring (bicyclic) bond motifs is 1. The average molecular weight is 826 g/mol. The summed E-state index contributed by atoms with van der Waals surface area (Å²) in [6.07, 6.45) is 0.468. The Balaban J connectivity index is 1.00. The number of hydrogen-bond acceptors (Lipinski definition) is 7. The Hall–Kier alpha value is -6.25. The molecule has 2 atom stereocenters. The molecular formula is C55H55NO6. The second-order valence-corrected chi connectivity index (χ2v) is 16.9. The van der Waals surface area contributed by atoms with Crippen molar-refractivity contribution in [2.45, 2.75) is 70.1 Å². The Morgan fingerprint density at radius 1 is 0.629 bits per heavy atom. The van der Waals surface area contributed by atoms with Crippen molar-refractivity contribution in [1.29, 1.82) is 0 Å². The van der Waals surface area contributed by atoms with Gasteiger partial charge in [-0.3, -0.25) is 0 Å². The van der Waals surface area contributed by atoms with Gasteiger partial charge in [0.2, 0.25) is 0 Å². The largest absolute Gasteiger partial charge is 0.528 e. The quantitative estimate of drug-likeness (QED) is 0.0753.